The zero-order valence-corrected chi connectivity index (χ0v) is 10.4. The van der Waals surface area contributed by atoms with Gasteiger partial charge in [0.15, 0.2) is 0 Å². The molecule has 2 aromatic rings. The van der Waals surface area contributed by atoms with E-state index in [-0.39, 0.29) is 11.3 Å². The van der Waals surface area contributed by atoms with Gasteiger partial charge in [-0.15, -0.1) is 0 Å². The zero-order valence-electron chi connectivity index (χ0n) is 10.4. The van der Waals surface area contributed by atoms with Crippen LogP contribution in [0.3, 0.4) is 0 Å². The number of nitrogens with two attached hydrogens (primary N) is 1. The number of nitrogen functional groups attached to an aromatic ring is 1. The lowest BCUT2D eigenvalue weighted by molar-refractivity contribution is 0.467. The van der Waals surface area contributed by atoms with Crippen molar-refractivity contribution in [2.24, 2.45) is 0 Å². The second kappa shape index (κ2) is 4.64. The first kappa shape index (κ1) is 12.1. The molecule has 0 saturated heterocycles. The maximum absolute atomic E-state index is 13.8. The van der Waals surface area contributed by atoms with Crippen molar-refractivity contribution in [2.75, 3.05) is 5.73 Å². The van der Waals surface area contributed by atoms with Crippen molar-refractivity contribution >= 4 is 5.69 Å². The van der Waals surface area contributed by atoms with Crippen molar-refractivity contribution in [3.05, 3.63) is 36.0 Å². The Morgan fingerprint density at radius 3 is 2.42 bits per heavy atom. The summed E-state index contributed by atoms with van der Waals surface area (Å²) in [5.41, 5.74) is 6.23. The Balaban J connectivity index is 2.05. The minimum Gasteiger partial charge on any atom is -0.396 e. The molecule has 1 aromatic carbocycles. The molecule has 2 N–H and O–H groups in total. The number of hydrogen-bond acceptors (Lipinski definition) is 2. The first-order valence-electron chi connectivity index (χ1n) is 6.46. The summed E-state index contributed by atoms with van der Waals surface area (Å²) in [6, 6.07) is 4.06. The molecule has 3 nitrogen and oxygen atoms in total. The Morgan fingerprint density at radius 2 is 1.79 bits per heavy atom. The van der Waals surface area contributed by atoms with Gasteiger partial charge < -0.3 is 5.73 Å². The van der Waals surface area contributed by atoms with Gasteiger partial charge in [-0.25, -0.2) is 8.78 Å². The van der Waals surface area contributed by atoms with Crippen LogP contribution in [0.25, 0.3) is 11.3 Å². The summed E-state index contributed by atoms with van der Waals surface area (Å²) in [6.07, 6.45) is 6.08. The molecule has 0 radical (unpaired) electrons. The molecule has 0 atom stereocenters. The first-order chi connectivity index (χ1) is 9.16. The van der Waals surface area contributed by atoms with Crippen molar-refractivity contribution in [1.82, 2.24) is 9.78 Å². The van der Waals surface area contributed by atoms with E-state index in [2.05, 4.69) is 5.10 Å². The highest BCUT2D eigenvalue weighted by atomic mass is 19.1. The smallest absolute Gasteiger partial charge is 0.135 e. The van der Waals surface area contributed by atoms with Crippen LogP contribution in [0.2, 0.25) is 0 Å². The van der Waals surface area contributed by atoms with E-state index in [1.54, 1.807) is 10.9 Å². The number of rotatable bonds is 2. The molecule has 1 aliphatic rings. The minimum atomic E-state index is -0.636. The monoisotopic (exact) mass is 263 g/mol. The van der Waals surface area contributed by atoms with Crippen molar-refractivity contribution in [1.29, 1.82) is 0 Å². The maximum Gasteiger partial charge on any atom is 0.135 e. The van der Waals surface area contributed by atoms with Crippen molar-refractivity contribution in [3.8, 4) is 11.3 Å². The molecule has 1 aliphatic carbocycles. The Hall–Kier alpha value is -1.91. The third-order valence-corrected chi connectivity index (χ3v) is 3.66. The Morgan fingerprint density at radius 1 is 1.16 bits per heavy atom. The summed E-state index contributed by atoms with van der Waals surface area (Å²) >= 11 is 0. The second-order valence-corrected chi connectivity index (χ2v) is 4.95. The standard InChI is InChI=1S/C14H15F2N3/c15-10-6-3-7-11(16)13(10)14-12(17)8-19(18-14)9-4-1-2-5-9/h3,6-9H,1-2,4-5,17H2. The van der Waals surface area contributed by atoms with Gasteiger partial charge in [-0.3, -0.25) is 4.68 Å². The fourth-order valence-electron chi connectivity index (χ4n) is 2.68. The van der Waals surface area contributed by atoms with Crippen LogP contribution < -0.4 is 5.73 Å². The predicted molar refractivity (Wildman–Crippen MR) is 69.5 cm³/mol. The minimum absolute atomic E-state index is 0.142. The van der Waals surface area contributed by atoms with Gasteiger partial charge in [0.05, 0.1) is 17.3 Å². The van der Waals surface area contributed by atoms with E-state index in [4.69, 9.17) is 5.73 Å². The molecule has 3 rings (SSSR count). The van der Waals surface area contributed by atoms with E-state index in [9.17, 15) is 8.78 Å². The quantitative estimate of drug-likeness (QED) is 0.900. The molecule has 100 valence electrons. The van der Waals surface area contributed by atoms with E-state index in [1.165, 1.54) is 18.2 Å². The van der Waals surface area contributed by atoms with E-state index in [0.717, 1.165) is 25.7 Å². The predicted octanol–water partition coefficient (Wildman–Crippen LogP) is 3.53. The van der Waals surface area contributed by atoms with Crippen LogP contribution in [0.5, 0.6) is 0 Å². The highest BCUT2D eigenvalue weighted by Crippen LogP contribution is 2.34. The molecule has 1 fully saturated rings. The Kier molecular flexibility index (Phi) is 2.97. The van der Waals surface area contributed by atoms with Crippen LogP contribution in [-0.4, -0.2) is 9.78 Å². The topological polar surface area (TPSA) is 43.8 Å². The van der Waals surface area contributed by atoms with Crippen LogP contribution in [0.4, 0.5) is 14.5 Å². The van der Waals surface area contributed by atoms with Gasteiger partial charge in [-0.2, -0.15) is 5.10 Å². The van der Waals surface area contributed by atoms with Crippen LogP contribution in [0, 0.1) is 11.6 Å². The lowest BCUT2D eigenvalue weighted by Crippen LogP contribution is -2.05. The normalized spacial score (nSPS) is 16.1. The van der Waals surface area contributed by atoms with Crippen LogP contribution in [0.15, 0.2) is 24.4 Å². The highest BCUT2D eigenvalue weighted by Gasteiger charge is 2.22. The second-order valence-electron chi connectivity index (χ2n) is 4.95. The highest BCUT2D eigenvalue weighted by molar-refractivity contribution is 5.72. The van der Waals surface area contributed by atoms with Gasteiger partial charge >= 0.3 is 0 Å². The first-order valence-corrected chi connectivity index (χ1v) is 6.46. The summed E-state index contributed by atoms with van der Waals surface area (Å²) in [5.74, 6) is -1.27. The SMILES string of the molecule is Nc1cn(C2CCCC2)nc1-c1c(F)cccc1F. The van der Waals surface area contributed by atoms with Crippen LogP contribution in [-0.2, 0) is 0 Å². The largest absolute Gasteiger partial charge is 0.396 e. The van der Waals surface area contributed by atoms with E-state index >= 15 is 0 Å². The number of anilines is 1. The van der Waals surface area contributed by atoms with Gasteiger partial charge in [0.25, 0.3) is 0 Å². The van der Waals surface area contributed by atoms with E-state index < -0.39 is 11.6 Å². The number of nitrogens with zero attached hydrogens (tertiary/aromatic N) is 2. The number of aromatic nitrogens is 2. The molecule has 0 spiro atoms. The van der Waals surface area contributed by atoms with Crippen LogP contribution >= 0.6 is 0 Å². The van der Waals surface area contributed by atoms with Gasteiger partial charge in [0, 0.05) is 6.20 Å². The molecular weight excluding hydrogens is 248 g/mol. The van der Waals surface area contributed by atoms with Gasteiger partial charge in [0.2, 0.25) is 0 Å². The number of halogens is 2. The van der Waals surface area contributed by atoms with E-state index in [0.29, 0.717) is 11.7 Å². The third kappa shape index (κ3) is 2.09. The third-order valence-electron chi connectivity index (χ3n) is 3.66. The zero-order chi connectivity index (χ0) is 13.4. The molecule has 1 saturated carbocycles. The average Bonchev–Trinajstić information content (AvgIpc) is 2.99. The van der Waals surface area contributed by atoms with Crippen molar-refractivity contribution < 1.29 is 8.78 Å². The van der Waals surface area contributed by atoms with Crippen molar-refractivity contribution in [3.63, 3.8) is 0 Å². The molecule has 0 unspecified atom stereocenters. The fourth-order valence-corrected chi connectivity index (χ4v) is 2.68. The maximum atomic E-state index is 13.8. The summed E-state index contributed by atoms with van der Waals surface area (Å²) in [7, 11) is 0. The molecule has 19 heavy (non-hydrogen) atoms. The number of hydrogen-bond donors (Lipinski definition) is 1. The molecule has 0 aliphatic heterocycles. The molecule has 0 bridgehead atoms. The van der Waals surface area contributed by atoms with Gasteiger partial charge in [0.1, 0.15) is 17.3 Å². The Bertz CT molecular complexity index is 580. The molecule has 0 amide bonds. The van der Waals surface area contributed by atoms with Crippen molar-refractivity contribution in [2.45, 2.75) is 31.7 Å². The van der Waals surface area contributed by atoms with E-state index in [1.807, 2.05) is 0 Å². The van der Waals surface area contributed by atoms with Crippen LogP contribution in [0.1, 0.15) is 31.7 Å². The summed E-state index contributed by atoms with van der Waals surface area (Å²) in [5, 5.41) is 4.30. The number of benzene rings is 1. The summed E-state index contributed by atoms with van der Waals surface area (Å²) in [4.78, 5) is 0. The molecule has 1 aromatic heterocycles. The summed E-state index contributed by atoms with van der Waals surface area (Å²) < 4.78 is 29.3. The molecule has 1 heterocycles. The molecular formula is C14H15F2N3. The Labute approximate surface area is 110 Å². The lowest BCUT2D eigenvalue weighted by atomic mass is 10.1. The average molecular weight is 263 g/mol. The lowest BCUT2D eigenvalue weighted by Gasteiger charge is -2.08. The molecule has 5 heteroatoms. The summed E-state index contributed by atoms with van der Waals surface area (Å²) in [6.45, 7) is 0. The van der Waals surface area contributed by atoms with Gasteiger partial charge in [-0.05, 0) is 25.0 Å². The van der Waals surface area contributed by atoms with Gasteiger partial charge in [-0.1, -0.05) is 18.9 Å². The fraction of sp³-hybridized carbons (Fsp3) is 0.357.